The molecule has 0 saturated heterocycles. The molecule has 0 radical (unpaired) electrons. The van der Waals surface area contributed by atoms with Crippen molar-refractivity contribution in [1.29, 1.82) is 0 Å². The molecule has 1 aliphatic heterocycles. The number of benzene rings is 2. The number of aliphatic carboxylic acids is 1. The van der Waals surface area contributed by atoms with E-state index in [0.717, 1.165) is 31.2 Å². The summed E-state index contributed by atoms with van der Waals surface area (Å²) in [7, 11) is 1.60. The van der Waals surface area contributed by atoms with Crippen molar-refractivity contribution >= 4 is 11.9 Å². The van der Waals surface area contributed by atoms with Gasteiger partial charge in [-0.05, 0) is 42.2 Å². The van der Waals surface area contributed by atoms with Crippen LogP contribution < -0.4 is 4.74 Å². The summed E-state index contributed by atoms with van der Waals surface area (Å²) >= 11 is 0. The maximum Gasteiger partial charge on any atom is 0.313 e. The highest BCUT2D eigenvalue weighted by molar-refractivity contribution is 6.00. The molecule has 0 spiro atoms. The van der Waals surface area contributed by atoms with E-state index < -0.39 is 17.9 Å². The molecular formula is C22H23NO4. The molecule has 1 aliphatic carbocycles. The van der Waals surface area contributed by atoms with E-state index in [1.165, 1.54) is 0 Å². The number of rotatable bonds is 4. The first-order valence-corrected chi connectivity index (χ1v) is 9.40. The zero-order chi connectivity index (χ0) is 19.0. The Morgan fingerprint density at radius 2 is 1.74 bits per heavy atom. The monoisotopic (exact) mass is 365 g/mol. The highest BCUT2D eigenvalue weighted by atomic mass is 16.5. The molecule has 0 aromatic heterocycles. The maximum atomic E-state index is 13.4. The van der Waals surface area contributed by atoms with Crippen molar-refractivity contribution in [1.82, 2.24) is 4.90 Å². The van der Waals surface area contributed by atoms with Gasteiger partial charge in [-0.1, -0.05) is 43.2 Å². The molecule has 4 rings (SSSR count). The smallest absolute Gasteiger partial charge is 0.313 e. The van der Waals surface area contributed by atoms with Crippen molar-refractivity contribution in [3.8, 4) is 5.75 Å². The number of carbonyl (C=O) groups excluding carboxylic acids is 1. The van der Waals surface area contributed by atoms with Crippen LogP contribution in [0.25, 0.3) is 0 Å². The molecule has 2 aromatic rings. The van der Waals surface area contributed by atoms with E-state index in [9.17, 15) is 14.7 Å². The number of ether oxygens (including phenoxy) is 1. The Labute approximate surface area is 158 Å². The molecule has 1 N–H and O–H groups in total. The number of carboxylic acid groups (broad SMARTS) is 1. The topological polar surface area (TPSA) is 66.8 Å². The van der Waals surface area contributed by atoms with E-state index in [-0.39, 0.29) is 11.9 Å². The number of nitrogens with zero attached hydrogens (tertiary/aromatic N) is 1. The van der Waals surface area contributed by atoms with Crippen molar-refractivity contribution in [3.05, 3.63) is 65.2 Å². The molecule has 0 unspecified atom stereocenters. The molecule has 1 fully saturated rings. The fourth-order valence-electron chi connectivity index (χ4n) is 4.56. The van der Waals surface area contributed by atoms with Crippen molar-refractivity contribution in [2.75, 3.05) is 7.11 Å². The summed E-state index contributed by atoms with van der Waals surface area (Å²) in [6.45, 7) is 0. The van der Waals surface area contributed by atoms with Gasteiger partial charge in [0, 0.05) is 11.6 Å². The lowest BCUT2D eigenvalue weighted by atomic mass is 9.79. The SMILES string of the molecule is COc1ccc([C@H]2[C@H](C(=O)O)c3ccccc3C(=O)N2C2CCCC2)cc1. The van der Waals surface area contributed by atoms with Gasteiger partial charge in [0.15, 0.2) is 0 Å². The lowest BCUT2D eigenvalue weighted by molar-refractivity contribution is -0.140. The van der Waals surface area contributed by atoms with Gasteiger partial charge in [0.25, 0.3) is 5.91 Å². The fraction of sp³-hybridized carbons (Fsp3) is 0.364. The van der Waals surface area contributed by atoms with Gasteiger partial charge in [-0.25, -0.2) is 0 Å². The fourth-order valence-corrected chi connectivity index (χ4v) is 4.56. The van der Waals surface area contributed by atoms with Gasteiger partial charge < -0.3 is 14.7 Å². The van der Waals surface area contributed by atoms with E-state index in [2.05, 4.69) is 0 Å². The van der Waals surface area contributed by atoms with Crippen LogP contribution >= 0.6 is 0 Å². The molecular weight excluding hydrogens is 342 g/mol. The summed E-state index contributed by atoms with van der Waals surface area (Å²) in [6.07, 6.45) is 3.99. The van der Waals surface area contributed by atoms with Crippen LogP contribution in [0.2, 0.25) is 0 Å². The molecule has 1 heterocycles. The predicted octanol–water partition coefficient (Wildman–Crippen LogP) is 4.00. The largest absolute Gasteiger partial charge is 0.497 e. The van der Waals surface area contributed by atoms with Crippen LogP contribution in [0.15, 0.2) is 48.5 Å². The molecule has 1 amide bonds. The number of fused-ring (bicyclic) bond motifs is 1. The first-order chi connectivity index (χ1) is 13.1. The lowest BCUT2D eigenvalue weighted by Crippen LogP contribution is -2.49. The molecule has 1 saturated carbocycles. The highest BCUT2D eigenvalue weighted by Gasteiger charge is 2.47. The predicted molar refractivity (Wildman–Crippen MR) is 101 cm³/mol. The molecule has 5 heteroatoms. The molecule has 2 atom stereocenters. The van der Waals surface area contributed by atoms with Crippen LogP contribution in [0, 0.1) is 0 Å². The third kappa shape index (κ3) is 2.97. The Balaban J connectivity index is 1.88. The van der Waals surface area contributed by atoms with Gasteiger partial charge >= 0.3 is 5.97 Å². The van der Waals surface area contributed by atoms with Crippen LogP contribution in [0.1, 0.15) is 59.1 Å². The number of carboxylic acids is 1. The first kappa shape index (κ1) is 17.6. The zero-order valence-electron chi connectivity index (χ0n) is 15.3. The zero-order valence-corrected chi connectivity index (χ0v) is 15.3. The standard InChI is InChI=1S/C22H23NO4/c1-27-16-12-10-14(11-13-16)20-19(22(25)26)17-8-4-5-9-18(17)21(24)23(20)15-6-2-3-7-15/h4-5,8-13,15,19-20H,2-3,6-7H2,1H3,(H,25,26)/t19-,20+/m1/s1. The van der Waals surface area contributed by atoms with Crippen molar-refractivity contribution in [2.45, 2.75) is 43.7 Å². The Hall–Kier alpha value is -2.82. The lowest BCUT2D eigenvalue weighted by Gasteiger charge is -2.44. The van der Waals surface area contributed by atoms with E-state index in [4.69, 9.17) is 4.74 Å². The van der Waals surface area contributed by atoms with Crippen LogP contribution in [0.3, 0.4) is 0 Å². The molecule has 2 aromatic carbocycles. The second-order valence-electron chi connectivity index (χ2n) is 7.27. The van der Waals surface area contributed by atoms with Crippen molar-refractivity contribution < 1.29 is 19.4 Å². The van der Waals surface area contributed by atoms with Gasteiger partial charge in [-0.2, -0.15) is 0 Å². The van der Waals surface area contributed by atoms with Crippen molar-refractivity contribution in [2.24, 2.45) is 0 Å². The number of hydrogen-bond acceptors (Lipinski definition) is 3. The minimum atomic E-state index is -0.904. The summed E-state index contributed by atoms with van der Waals surface area (Å²) in [4.78, 5) is 27.6. The summed E-state index contributed by atoms with van der Waals surface area (Å²) < 4.78 is 5.24. The Morgan fingerprint density at radius 1 is 1.07 bits per heavy atom. The summed E-state index contributed by atoms with van der Waals surface area (Å²) in [6, 6.07) is 14.1. The Kier molecular flexibility index (Phi) is 4.60. The van der Waals surface area contributed by atoms with E-state index in [0.29, 0.717) is 16.9 Å². The van der Waals surface area contributed by atoms with Crippen molar-refractivity contribution in [3.63, 3.8) is 0 Å². The number of methoxy groups -OCH3 is 1. The minimum absolute atomic E-state index is 0.0594. The third-order valence-corrected chi connectivity index (χ3v) is 5.82. The van der Waals surface area contributed by atoms with E-state index >= 15 is 0 Å². The normalized spacial score (nSPS) is 22.6. The minimum Gasteiger partial charge on any atom is -0.497 e. The maximum absolute atomic E-state index is 13.4. The summed E-state index contributed by atoms with van der Waals surface area (Å²) in [5, 5.41) is 10.1. The van der Waals surface area contributed by atoms with Crippen LogP contribution in [-0.4, -0.2) is 35.0 Å². The number of carbonyl (C=O) groups is 2. The molecule has 2 aliphatic rings. The molecule has 0 bridgehead atoms. The number of amides is 1. The van der Waals surface area contributed by atoms with E-state index in [1.54, 1.807) is 31.4 Å². The van der Waals surface area contributed by atoms with Gasteiger partial charge in [-0.15, -0.1) is 0 Å². The van der Waals surface area contributed by atoms with Gasteiger partial charge in [0.2, 0.25) is 0 Å². The number of hydrogen-bond donors (Lipinski definition) is 1. The van der Waals surface area contributed by atoms with E-state index in [1.807, 2.05) is 29.2 Å². The van der Waals surface area contributed by atoms with Gasteiger partial charge in [0.1, 0.15) is 11.7 Å². The molecule has 140 valence electrons. The average Bonchev–Trinajstić information content (AvgIpc) is 3.22. The Bertz CT molecular complexity index is 855. The summed E-state index contributed by atoms with van der Waals surface area (Å²) in [5.41, 5.74) is 1.95. The molecule has 5 nitrogen and oxygen atoms in total. The van der Waals surface area contributed by atoms with Crippen LogP contribution in [0.4, 0.5) is 0 Å². The van der Waals surface area contributed by atoms with Crippen LogP contribution in [-0.2, 0) is 4.79 Å². The molecule has 27 heavy (non-hydrogen) atoms. The third-order valence-electron chi connectivity index (χ3n) is 5.82. The first-order valence-electron chi connectivity index (χ1n) is 9.40. The Morgan fingerprint density at radius 3 is 2.37 bits per heavy atom. The summed E-state index contributed by atoms with van der Waals surface area (Å²) in [5.74, 6) is -1.04. The second kappa shape index (κ2) is 7.06. The quantitative estimate of drug-likeness (QED) is 0.889. The highest BCUT2D eigenvalue weighted by Crippen LogP contribution is 2.46. The second-order valence-corrected chi connectivity index (χ2v) is 7.27. The van der Waals surface area contributed by atoms with Gasteiger partial charge in [0.05, 0.1) is 13.2 Å². The van der Waals surface area contributed by atoms with Crippen LogP contribution in [0.5, 0.6) is 5.75 Å². The average molecular weight is 365 g/mol. The van der Waals surface area contributed by atoms with Gasteiger partial charge in [-0.3, -0.25) is 9.59 Å².